The molecule has 0 radical (unpaired) electrons. The Balaban J connectivity index is 2.31. The highest BCUT2D eigenvalue weighted by atomic mass is 19.4. The summed E-state index contributed by atoms with van der Waals surface area (Å²) in [6.45, 7) is 1.84. The van der Waals surface area contributed by atoms with Gasteiger partial charge in [-0.25, -0.2) is 4.79 Å². The van der Waals surface area contributed by atoms with E-state index in [9.17, 15) is 18.0 Å². The number of nitrogens with one attached hydrogen (secondary N) is 1. The van der Waals surface area contributed by atoms with Crippen molar-refractivity contribution in [2.75, 3.05) is 11.9 Å². The van der Waals surface area contributed by atoms with E-state index in [-0.39, 0.29) is 18.1 Å². The molecule has 0 saturated carbocycles. The van der Waals surface area contributed by atoms with Crippen LogP contribution in [-0.4, -0.2) is 18.9 Å². The van der Waals surface area contributed by atoms with Gasteiger partial charge in [0.15, 0.2) is 0 Å². The van der Waals surface area contributed by atoms with E-state index in [1.54, 1.807) is 6.92 Å². The first-order valence-corrected chi connectivity index (χ1v) is 5.44. The Morgan fingerprint density at radius 1 is 1.37 bits per heavy atom. The molecule has 0 atom stereocenters. The zero-order chi connectivity index (χ0) is 14.0. The minimum Gasteiger partial charge on any atom is -0.460 e. The lowest BCUT2D eigenvalue weighted by molar-refractivity contribution is -0.0999. The second-order valence-electron chi connectivity index (χ2n) is 3.71. The van der Waals surface area contributed by atoms with E-state index in [2.05, 4.69) is 0 Å². The van der Waals surface area contributed by atoms with Crippen molar-refractivity contribution in [2.24, 2.45) is 0 Å². The molecule has 1 aromatic heterocycles. The number of anilines is 1. The number of benzene rings is 1. The van der Waals surface area contributed by atoms with Gasteiger partial charge in [0.05, 0.1) is 6.61 Å². The van der Waals surface area contributed by atoms with Crippen LogP contribution in [0, 0.1) is 0 Å². The molecule has 0 unspecified atom stereocenters. The quantitative estimate of drug-likeness (QED) is 0.686. The fraction of sp³-hybridized carbons (Fsp3) is 0.250. The molecule has 0 aliphatic rings. The third kappa shape index (κ3) is 3.18. The van der Waals surface area contributed by atoms with Crippen molar-refractivity contribution in [3.05, 3.63) is 30.0 Å². The molecule has 0 spiro atoms. The molecule has 7 heteroatoms. The summed E-state index contributed by atoms with van der Waals surface area (Å²) in [5.74, 6) is -0.690. The lowest BCUT2D eigenvalue weighted by Crippen LogP contribution is -2.20. The predicted octanol–water partition coefficient (Wildman–Crippen LogP) is 3.54. The van der Waals surface area contributed by atoms with Crippen LogP contribution in [0.4, 0.5) is 18.9 Å². The summed E-state index contributed by atoms with van der Waals surface area (Å²) in [4.78, 5) is 11.4. The average molecular weight is 273 g/mol. The van der Waals surface area contributed by atoms with Crippen molar-refractivity contribution in [2.45, 2.75) is 13.2 Å². The number of carbonyl (C=O) groups excluding carboxylic acids is 1. The van der Waals surface area contributed by atoms with Gasteiger partial charge in [-0.15, -0.1) is 0 Å². The molecule has 1 aromatic carbocycles. The highest BCUT2D eigenvalue weighted by Crippen LogP contribution is 2.26. The van der Waals surface area contributed by atoms with Crippen molar-refractivity contribution in [1.82, 2.24) is 0 Å². The Labute approximate surface area is 106 Å². The molecule has 0 saturated heterocycles. The number of alkyl halides is 3. The van der Waals surface area contributed by atoms with Gasteiger partial charge in [0.2, 0.25) is 5.76 Å². The first kappa shape index (κ1) is 13.3. The van der Waals surface area contributed by atoms with Crippen molar-refractivity contribution < 1.29 is 27.1 Å². The van der Waals surface area contributed by atoms with Crippen LogP contribution >= 0.6 is 0 Å². The van der Waals surface area contributed by atoms with Gasteiger partial charge in [-0.3, -0.25) is 5.32 Å². The summed E-state index contributed by atoms with van der Waals surface area (Å²) in [5, 5.41) is 1.77. The SMILES string of the molecule is CCOC(=O)c1cc2cc(NC(F)(F)F)ccc2o1. The minimum absolute atomic E-state index is 0.0407. The van der Waals surface area contributed by atoms with E-state index < -0.39 is 12.3 Å². The molecule has 0 bridgehead atoms. The third-order valence-corrected chi connectivity index (χ3v) is 2.28. The molecule has 0 aliphatic carbocycles. The fourth-order valence-corrected chi connectivity index (χ4v) is 1.59. The van der Waals surface area contributed by atoms with Gasteiger partial charge in [0.1, 0.15) is 5.58 Å². The monoisotopic (exact) mass is 273 g/mol. The first-order valence-electron chi connectivity index (χ1n) is 5.44. The predicted molar refractivity (Wildman–Crippen MR) is 61.8 cm³/mol. The van der Waals surface area contributed by atoms with E-state index in [1.807, 2.05) is 0 Å². The number of ether oxygens (including phenoxy) is 1. The number of esters is 1. The average Bonchev–Trinajstić information content (AvgIpc) is 2.70. The molecule has 19 heavy (non-hydrogen) atoms. The molecule has 2 rings (SSSR count). The first-order chi connectivity index (χ1) is 8.89. The Bertz CT molecular complexity index is 604. The highest BCUT2D eigenvalue weighted by Gasteiger charge is 2.27. The van der Waals surface area contributed by atoms with Crippen molar-refractivity contribution >= 4 is 22.6 Å². The maximum atomic E-state index is 12.2. The van der Waals surface area contributed by atoms with Crippen LogP contribution in [0.15, 0.2) is 28.7 Å². The molecule has 4 nitrogen and oxygen atoms in total. The van der Waals surface area contributed by atoms with Crippen LogP contribution in [-0.2, 0) is 4.74 Å². The van der Waals surface area contributed by atoms with Crippen LogP contribution in [0.5, 0.6) is 0 Å². The largest absolute Gasteiger partial charge is 0.482 e. The second-order valence-corrected chi connectivity index (χ2v) is 3.71. The molecule has 0 amide bonds. The molecular formula is C12H10F3NO3. The maximum Gasteiger partial charge on any atom is 0.482 e. The van der Waals surface area contributed by atoms with Gasteiger partial charge in [0, 0.05) is 11.1 Å². The molecule has 102 valence electrons. The van der Waals surface area contributed by atoms with E-state index >= 15 is 0 Å². The lowest BCUT2D eigenvalue weighted by Gasteiger charge is -2.09. The van der Waals surface area contributed by atoms with Gasteiger partial charge < -0.3 is 9.15 Å². The van der Waals surface area contributed by atoms with Gasteiger partial charge in [0.25, 0.3) is 0 Å². The number of halogens is 3. The van der Waals surface area contributed by atoms with Crippen molar-refractivity contribution in [1.29, 1.82) is 0 Å². The molecule has 1 heterocycles. The molecule has 0 aliphatic heterocycles. The Hall–Kier alpha value is -2.18. The number of fused-ring (bicyclic) bond motifs is 1. The number of hydrogen-bond donors (Lipinski definition) is 1. The molecular weight excluding hydrogens is 263 g/mol. The highest BCUT2D eigenvalue weighted by molar-refractivity contribution is 5.93. The topological polar surface area (TPSA) is 51.5 Å². The standard InChI is InChI=1S/C12H10F3NO3/c1-2-18-11(17)10-6-7-5-8(16-12(13,14)15)3-4-9(7)19-10/h3-6,16H,2H2,1H3. The lowest BCUT2D eigenvalue weighted by atomic mass is 10.2. The van der Waals surface area contributed by atoms with Crippen LogP contribution in [0.2, 0.25) is 0 Å². The van der Waals surface area contributed by atoms with E-state index in [1.165, 1.54) is 29.6 Å². The van der Waals surface area contributed by atoms with E-state index in [4.69, 9.17) is 9.15 Å². The molecule has 2 aromatic rings. The second kappa shape index (κ2) is 4.83. The summed E-state index contributed by atoms with van der Waals surface area (Å²) in [5.41, 5.74) is 0.187. The van der Waals surface area contributed by atoms with Gasteiger partial charge in [-0.05, 0) is 31.2 Å². The summed E-state index contributed by atoms with van der Waals surface area (Å²) < 4.78 is 46.4. The normalized spacial score (nSPS) is 11.6. The third-order valence-electron chi connectivity index (χ3n) is 2.28. The van der Waals surface area contributed by atoms with Gasteiger partial charge >= 0.3 is 12.3 Å². The number of hydrogen-bond acceptors (Lipinski definition) is 4. The smallest absolute Gasteiger partial charge is 0.460 e. The summed E-state index contributed by atoms with van der Waals surface area (Å²) in [6, 6.07) is 5.16. The Morgan fingerprint density at radius 3 is 2.74 bits per heavy atom. The van der Waals surface area contributed by atoms with Gasteiger partial charge in [-0.1, -0.05) is 0 Å². The van der Waals surface area contributed by atoms with Crippen molar-refractivity contribution in [3.63, 3.8) is 0 Å². The maximum absolute atomic E-state index is 12.2. The Morgan fingerprint density at radius 2 is 2.11 bits per heavy atom. The van der Waals surface area contributed by atoms with E-state index in [0.29, 0.717) is 11.0 Å². The Kier molecular flexibility index (Phi) is 3.37. The number of furan rings is 1. The summed E-state index contributed by atoms with van der Waals surface area (Å²) in [7, 11) is 0. The van der Waals surface area contributed by atoms with Crippen LogP contribution < -0.4 is 5.32 Å². The number of rotatable bonds is 3. The minimum atomic E-state index is -4.51. The van der Waals surface area contributed by atoms with Crippen LogP contribution in [0.3, 0.4) is 0 Å². The summed E-state index contributed by atoms with van der Waals surface area (Å²) in [6.07, 6.45) is -4.51. The van der Waals surface area contributed by atoms with Gasteiger partial charge in [-0.2, -0.15) is 13.2 Å². The van der Waals surface area contributed by atoms with E-state index in [0.717, 1.165) is 0 Å². The number of carbonyl (C=O) groups is 1. The van der Waals surface area contributed by atoms with Crippen LogP contribution in [0.25, 0.3) is 11.0 Å². The van der Waals surface area contributed by atoms with Crippen molar-refractivity contribution in [3.8, 4) is 0 Å². The van der Waals surface area contributed by atoms with Crippen LogP contribution in [0.1, 0.15) is 17.5 Å². The summed E-state index contributed by atoms with van der Waals surface area (Å²) >= 11 is 0. The molecule has 1 N–H and O–H groups in total. The zero-order valence-corrected chi connectivity index (χ0v) is 9.88. The zero-order valence-electron chi connectivity index (χ0n) is 9.88. The molecule has 0 fully saturated rings. The fourth-order valence-electron chi connectivity index (χ4n) is 1.59.